The van der Waals surface area contributed by atoms with Crippen LogP contribution in [0.2, 0.25) is 0 Å². The topological polar surface area (TPSA) is 99.1 Å². The van der Waals surface area contributed by atoms with Crippen molar-refractivity contribution in [3.63, 3.8) is 0 Å². The van der Waals surface area contributed by atoms with Gasteiger partial charge in [-0.25, -0.2) is 0 Å². The maximum atomic E-state index is 13.4. The molecule has 2 aromatic rings. The first kappa shape index (κ1) is 26.5. The highest BCUT2D eigenvalue weighted by Gasteiger charge is 2.32. The van der Waals surface area contributed by atoms with Crippen LogP contribution in [-0.4, -0.2) is 58.3 Å². The second-order valence-electron chi connectivity index (χ2n) is 9.73. The van der Waals surface area contributed by atoms with E-state index in [9.17, 15) is 19.8 Å². The van der Waals surface area contributed by atoms with Crippen molar-refractivity contribution in [1.82, 2.24) is 4.90 Å². The van der Waals surface area contributed by atoms with Crippen LogP contribution in [0.3, 0.4) is 0 Å². The van der Waals surface area contributed by atoms with E-state index in [2.05, 4.69) is 11.4 Å². The quantitative estimate of drug-likeness (QED) is 0.438. The Bertz CT molecular complexity index is 993. The van der Waals surface area contributed by atoms with E-state index in [0.29, 0.717) is 38.6 Å². The van der Waals surface area contributed by atoms with Crippen LogP contribution < -0.4 is 10.1 Å². The average Bonchev–Trinajstić information content (AvgIpc) is 2.98. The maximum absolute atomic E-state index is 13.4. The molecule has 0 heterocycles. The van der Waals surface area contributed by atoms with E-state index in [0.717, 1.165) is 22.6 Å². The lowest BCUT2D eigenvalue weighted by Gasteiger charge is -2.26. The fourth-order valence-electron chi connectivity index (χ4n) is 4.67. The molecule has 7 heteroatoms. The van der Waals surface area contributed by atoms with E-state index in [1.165, 1.54) is 4.90 Å². The Morgan fingerprint density at radius 1 is 1.09 bits per heavy atom. The van der Waals surface area contributed by atoms with Crippen LogP contribution in [0.4, 0.5) is 5.69 Å². The summed E-state index contributed by atoms with van der Waals surface area (Å²) in [5.41, 5.74) is 3.03. The van der Waals surface area contributed by atoms with Crippen molar-refractivity contribution in [2.24, 2.45) is 5.92 Å². The van der Waals surface area contributed by atoms with Gasteiger partial charge in [0.05, 0.1) is 23.9 Å². The number of carbonyl (C=O) groups is 2. The normalized spacial score (nSPS) is 20.2. The number of para-hydroxylation sites is 2. The molecule has 35 heavy (non-hydrogen) atoms. The fourth-order valence-corrected chi connectivity index (χ4v) is 4.67. The summed E-state index contributed by atoms with van der Waals surface area (Å²) < 4.78 is 5.89. The summed E-state index contributed by atoms with van der Waals surface area (Å²) in [5, 5.41) is 23.7. The number of hydrogen-bond acceptors (Lipinski definition) is 5. The molecule has 1 amide bonds. The predicted molar refractivity (Wildman–Crippen MR) is 137 cm³/mol. The summed E-state index contributed by atoms with van der Waals surface area (Å²) in [5.74, 6) is -0.736. The van der Waals surface area contributed by atoms with Gasteiger partial charge in [0.25, 0.3) is 0 Å². The average molecular weight is 483 g/mol. The number of aliphatic carboxylic acids is 1. The lowest BCUT2D eigenvalue weighted by molar-refractivity contribution is -0.146. The Labute approximate surface area is 208 Å². The van der Waals surface area contributed by atoms with Crippen LogP contribution in [0.25, 0.3) is 0 Å². The SMILES string of the molecule is Cc1cccc(CCN(CC(=O)O)C(=O)[C@@H]2CC[C@H](Nc3ccccc3OC(C)C)[C@@H](O)CC2)c1. The van der Waals surface area contributed by atoms with E-state index in [1.807, 2.05) is 63.2 Å². The summed E-state index contributed by atoms with van der Waals surface area (Å²) in [6.45, 7) is 5.99. The molecule has 190 valence electrons. The maximum Gasteiger partial charge on any atom is 0.323 e. The van der Waals surface area contributed by atoms with E-state index >= 15 is 0 Å². The van der Waals surface area contributed by atoms with Crippen LogP contribution in [0.1, 0.15) is 50.7 Å². The van der Waals surface area contributed by atoms with E-state index < -0.39 is 12.1 Å². The van der Waals surface area contributed by atoms with E-state index in [4.69, 9.17) is 4.74 Å². The summed E-state index contributed by atoms with van der Waals surface area (Å²) in [7, 11) is 0. The highest BCUT2D eigenvalue weighted by Crippen LogP contribution is 2.31. The molecule has 3 N–H and O–H groups in total. The Morgan fingerprint density at radius 3 is 2.54 bits per heavy atom. The number of rotatable bonds is 10. The summed E-state index contributed by atoms with van der Waals surface area (Å²) >= 11 is 0. The Kier molecular flexibility index (Phi) is 9.55. The standard InChI is InChI=1S/C28H38N2O5/c1-19(2)35-26-10-5-4-9-24(26)29-23-13-11-22(12-14-25(23)31)28(34)30(18-27(32)33)16-15-21-8-6-7-20(3)17-21/h4-10,17,19,22-23,25,29,31H,11-16,18H2,1-3H3,(H,32,33)/t22-,23+,25+/m1/s1. The molecule has 3 rings (SSSR count). The number of ether oxygens (including phenoxy) is 1. The largest absolute Gasteiger partial charge is 0.489 e. The van der Waals surface area contributed by atoms with Gasteiger partial charge in [-0.1, -0.05) is 42.0 Å². The summed E-state index contributed by atoms with van der Waals surface area (Å²) in [6.07, 6.45) is 2.21. The number of hydrogen-bond donors (Lipinski definition) is 3. The Morgan fingerprint density at radius 2 is 1.83 bits per heavy atom. The van der Waals surface area contributed by atoms with Gasteiger partial charge in [0.2, 0.25) is 5.91 Å². The van der Waals surface area contributed by atoms with Gasteiger partial charge < -0.3 is 25.2 Å². The smallest absolute Gasteiger partial charge is 0.323 e. The zero-order valence-electron chi connectivity index (χ0n) is 20.9. The fraction of sp³-hybridized carbons (Fsp3) is 0.500. The Hall–Kier alpha value is -3.06. The molecule has 1 fully saturated rings. The van der Waals surface area contributed by atoms with Gasteiger partial charge in [0.15, 0.2) is 0 Å². The summed E-state index contributed by atoms with van der Waals surface area (Å²) in [6, 6.07) is 15.5. The number of nitrogens with zero attached hydrogens (tertiary/aromatic N) is 1. The second kappa shape index (κ2) is 12.6. The molecule has 1 saturated carbocycles. The number of aliphatic hydroxyl groups excluding tert-OH is 1. The van der Waals surface area contributed by atoms with Crippen molar-refractivity contribution in [3.05, 3.63) is 59.7 Å². The molecule has 0 aromatic heterocycles. The van der Waals surface area contributed by atoms with Crippen molar-refractivity contribution in [2.75, 3.05) is 18.4 Å². The van der Waals surface area contributed by atoms with Crippen LogP contribution in [0.5, 0.6) is 5.75 Å². The summed E-state index contributed by atoms with van der Waals surface area (Å²) in [4.78, 5) is 26.3. The molecule has 0 radical (unpaired) electrons. The first-order valence-corrected chi connectivity index (χ1v) is 12.5. The number of benzene rings is 2. The lowest BCUT2D eigenvalue weighted by Crippen LogP contribution is -2.41. The molecule has 0 unspecified atom stereocenters. The number of carboxylic acid groups (broad SMARTS) is 1. The zero-order chi connectivity index (χ0) is 25.4. The van der Waals surface area contributed by atoms with Crippen LogP contribution in [0, 0.1) is 12.8 Å². The van der Waals surface area contributed by atoms with Crippen LogP contribution in [-0.2, 0) is 16.0 Å². The van der Waals surface area contributed by atoms with Gasteiger partial charge in [-0.15, -0.1) is 0 Å². The Balaban J connectivity index is 1.65. The van der Waals surface area contributed by atoms with E-state index in [1.54, 1.807) is 0 Å². The van der Waals surface area contributed by atoms with Crippen molar-refractivity contribution < 1.29 is 24.5 Å². The second-order valence-corrected chi connectivity index (χ2v) is 9.73. The monoisotopic (exact) mass is 482 g/mol. The van der Waals surface area contributed by atoms with Crippen molar-refractivity contribution in [1.29, 1.82) is 0 Å². The van der Waals surface area contributed by atoms with Crippen molar-refractivity contribution in [3.8, 4) is 5.75 Å². The highest BCUT2D eigenvalue weighted by atomic mass is 16.5. The number of aliphatic hydroxyl groups is 1. The first-order valence-electron chi connectivity index (χ1n) is 12.5. The molecule has 0 saturated heterocycles. The van der Waals surface area contributed by atoms with Gasteiger partial charge in [-0.05, 0) is 70.6 Å². The van der Waals surface area contributed by atoms with E-state index in [-0.39, 0.29) is 30.5 Å². The molecule has 3 atom stereocenters. The highest BCUT2D eigenvalue weighted by molar-refractivity contribution is 5.83. The molecule has 0 spiro atoms. The molecule has 7 nitrogen and oxygen atoms in total. The number of amides is 1. The minimum Gasteiger partial charge on any atom is -0.489 e. The number of carbonyl (C=O) groups excluding carboxylic acids is 1. The number of anilines is 1. The lowest BCUT2D eigenvalue weighted by atomic mass is 9.98. The van der Waals surface area contributed by atoms with Gasteiger partial charge in [-0.3, -0.25) is 9.59 Å². The predicted octanol–water partition coefficient (Wildman–Crippen LogP) is 4.27. The molecule has 1 aliphatic rings. The van der Waals surface area contributed by atoms with Crippen molar-refractivity contribution >= 4 is 17.6 Å². The molecule has 2 aromatic carbocycles. The zero-order valence-corrected chi connectivity index (χ0v) is 20.9. The molecule has 1 aliphatic carbocycles. The number of aryl methyl sites for hydroxylation is 1. The third-order valence-electron chi connectivity index (χ3n) is 6.43. The minimum absolute atomic E-state index is 0.0269. The molecule has 0 aliphatic heterocycles. The van der Waals surface area contributed by atoms with Crippen LogP contribution in [0.15, 0.2) is 48.5 Å². The van der Waals surface area contributed by atoms with Gasteiger partial charge in [0.1, 0.15) is 12.3 Å². The minimum atomic E-state index is -1.02. The van der Waals surface area contributed by atoms with Gasteiger partial charge in [-0.2, -0.15) is 0 Å². The van der Waals surface area contributed by atoms with Crippen molar-refractivity contribution in [2.45, 2.75) is 71.1 Å². The molecular formula is C28H38N2O5. The third-order valence-corrected chi connectivity index (χ3v) is 6.43. The van der Waals surface area contributed by atoms with Gasteiger partial charge >= 0.3 is 5.97 Å². The van der Waals surface area contributed by atoms with Gasteiger partial charge in [0, 0.05) is 12.5 Å². The first-order chi connectivity index (χ1) is 16.7. The number of carboxylic acids is 1. The number of nitrogens with one attached hydrogen (secondary N) is 1. The molecular weight excluding hydrogens is 444 g/mol. The third kappa shape index (κ3) is 7.99. The molecule has 0 bridgehead atoms. The van der Waals surface area contributed by atoms with Crippen LogP contribution >= 0.6 is 0 Å².